The average molecular weight is 352 g/mol. The molecule has 0 aromatic heterocycles. The highest BCUT2D eigenvalue weighted by atomic mass is 79.9. The van der Waals surface area contributed by atoms with Gasteiger partial charge in [0.15, 0.2) is 0 Å². The van der Waals surface area contributed by atoms with E-state index in [1.54, 1.807) is 36.4 Å². The molecule has 0 aliphatic heterocycles. The summed E-state index contributed by atoms with van der Waals surface area (Å²) >= 11 is 9.28. The molecule has 0 saturated heterocycles. The Morgan fingerprint density at radius 3 is 2.75 bits per heavy atom. The zero-order valence-electron chi connectivity index (χ0n) is 10.4. The Morgan fingerprint density at radius 1 is 1.25 bits per heavy atom. The largest absolute Gasteiger partial charge is 0.399 e. The van der Waals surface area contributed by atoms with Gasteiger partial charge in [-0.05, 0) is 51.8 Å². The Hall–Kier alpha value is -1.78. The predicted molar refractivity (Wildman–Crippen MR) is 87.7 cm³/mol. The number of halogens is 2. The highest BCUT2D eigenvalue weighted by molar-refractivity contribution is 9.10. The molecule has 0 fully saturated rings. The summed E-state index contributed by atoms with van der Waals surface area (Å²) in [4.78, 5) is 11.8. The molecule has 0 atom stereocenters. The first-order chi connectivity index (χ1) is 9.56. The van der Waals surface area contributed by atoms with Crippen molar-refractivity contribution in [3.8, 4) is 0 Å². The number of nitrogens with one attached hydrogen (secondary N) is 1. The molecule has 0 heterocycles. The molecule has 20 heavy (non-hydrogen) atoms. The van der Waals surface area contributed by atoms with Gasteiger partial charge in [-0.25, -0.2) is 0 Å². The molecule has 2 aromatic rings. The minimum atomic E-state index is -0.240. The van der Waals surface area contributed by atoms with Crippen LogP contribution in [0.3, 0.4) is 0 Å². The zero-order chi connectivity index (χ0) is 14.5. The van der Waals surface area contributed by atoms with Gasteiger partial charge in [-0.3, -0.25) is 4.79 Å². The van der Waals surface area contributed by atoms with Crippen molar-refractivity contribution in [1.82, 2.24) is 0 Å². The zero-order valence-corrected chi connectivity index (χ0v) is 12.8. The standard InChI is InChI=1S/C15H12BrClN2O/c16-15-12(17)5-2-6-13(15)19-14(20)8-7-10-3-1-4-11(18)9-10/h1-9H,18H2,(H,19,20)/b8-7+. The third-order valence-corrected chi connectivity index (χ3v) is 3.94. The second-order valence-electron chi connectivity index (χ2n) is 4.09. The maximum atomic E-state index is 11.8. The Balaban J connectivity index is 2.08. The summed E-state index contributed by atoms with van der Waals surface area (Å²) in [6.07, 6.45) is 3.15. The predicted octanol–water partition coefficient (Wildman–Crippen LogP) is 4.34. The van der Waals surface area contributed by atoms with Gasteiger partial charge in [0.05, 0.1) is 15.2 Å². The summed E-state index contributed by atoms with van der Waals surface area (Å²) in [6.45, 7) is 0. The molecule has 2 aromatic carbocycles. The average Bonchev–Trinajstić information content (AvgIpc) is 2.42. The van der Waals surface area contributed by atoms with Gasteiger partial charge < -0.3 is 11.1 Å². The second kappa shape index (κ2) is 6.59. The van der Waals surface area contributed by atoms with Crippen LogP contribution in [0.2, 0.25) is 5.02 Å². The SMILES string of the molecule is Nc1cccc(/C=C/C(=O)Nc2cccc(Cl)c2Br)c1. The van der Waals surface area contributed by atoms with E-state index < -0.39 is 0 Å². The molecule has 0 aliphatic carbocycles. The summed E-state index contributed by atoms with van der Waals surface area (Å²) in [5.41, 5.74) is 7.82. The van der Waals surface area contributed by atoms with Crippen molar-refractivity contribution in [2.75, 3.05) is 11.1 Å². The van der Waals surface area contributed by atoms with Crippen LogP contribution in [-0.4, -0.2) is 5.91 Å². The Kier molecular flexibility index (Phi) is 4.82. The van der Waals surface area contributed by atoms with Crippen molar-refractivity contribution in [2.45, 2.75) is 0 Å². The second-order valence-corrected chi connectivity index (χ2v) is 5.29. The summed E-state index contributed by atoms with van der Waals surface area (Å²) < 4.78 is 0.660. The van der Waals surface area contributed by atoms with Crippen molar-refractivity contribution in [3.63, 3.8) is 0 Å². The highest BCUT2D eigenvalue weighted by Crippen LogP contribution is 2.29. The first-order valence-corrected chi connectivity index (χ1v) is 7.02. The third-order valence-electron chi connectivity index (χ3n) is 2.55. The fraction of sp³-hybridized carbons (Fsp3) is 0. The summed E-state index contributed by atoms with van der Waals surface area (Å²) in [6, 6.07) is 12.6. The molecule has 0 radical (unpaired) electrons. The molecule has 2 rings (SSSR count). The lowest BCUT2D eigenvalue weighted by Gasteiger charge is -2.06. The summed E-state index contributed by atoms with van der Waals surface area (Å²) in [5.74, 6) is -0.240. The van der Waals surface area contributed by atoms with Crippen molar-refractivity contribution in [1.29, 1.82) is 0 Å². The quantitative estimate of drug-likeness (QED) is 0.638. The van der Waals surface area contributed by atoms with Gasteiger partial charge >= 0.3 is 0 Å². The van der Waals surface area contributed by atoms with Gasteiger partial charge in [0.1, 0.15) is 0 Å². The molecule has 1 amide bonds. The molecular formula is C15H12BrClN2O. The van der Waals surface area contributed by atoms with Crippen LogP contribution in [-0.2, 0) is 4.79 Å². The van der Waals surface area contributed by atoms with Crippen LogP contribution >= 0.6 is 27.5 Å². The van der Waals surface area contributed by atoms with E-state index in [0.29, 0.717) is 20.9 Å². The molecule has 5 heteroatoms. The number of rotatable bonds is 3. The highest BCUT2D eigenvalue weighted by Gasteiger charge is 2.05. The van der Waals surface area contributed by atoms with Crippen LogP contribution in [0.4, 0.5) is 11.4 Å². The van der Waals surface area contributed by atoms with E-state index in [-0.39, 0.29) is 5.91 Å². The van der Waals surface area contributed by atoms with Crippen molar-refractivity contribution >= 4 is 50.9 Å². The number of benzene rings is 2. The summed E-state index contributed by atoms with van der Waals surface area (Å²) in [7, 11) is 0. The van der Waals surface area contributed by atoms with Crippen LogP contribution in [0.1, 0.15) is 5.56 Å². The molecule has 0 spiro atoms. The van der Waals surface area contributed by atoms with Crippen LogP contribution in [0.15, 0.2) is 53.0 Å². The van der Waals surface area contributed by atoms with Crippen LogP contribution in [0.25, 0.3) is 6.08 Å². The topological polar surface area (TPSA) is 55.1 Å². The van der Waals surface area contributed by atoms with Crippen LogP contribution in [0.5, 0.6) is 0 Å². The van der Waals surface area contributed by atoms with E-state index in [0.717, 1.165) is 5.56 Å². The fourth-order valence-corrected chi connectivity index (χ4v) is 2.15. The minimum Gasteiger partial charge on any atom is -0.399 e. The molecule has 102 valence electrons. The monoisotopic (exact) mass is 350 g/mol. The van der Waals surface area contributed by atoms with Crippen molar-refractivity contribution in [3.05, 3.63) is 63.6 Å². The summed E-state index contributed by atoms with van der Waals surface area (Å²) in [5, 5.41) is 3.29. The maximum absolute atomic E-state index is 11.8. The van der Waals surface area contributed by atoms with Crippen LogP contribution in [0, 0.1) is 0 Å². The van der Waals surface area contributed by atoms with E-state index in [1.807, 2.05) is 12.1 Å². The van der Waals surface area contributed by atoms with Crippen LogP contribution < -0.4 is 11.1 Å². The number of nitrogens with two attached hydrogens (primary N) is 1. The van der Waals surface area contributed by atoms with E-state index in [1.165, 1.54) is 6.08 Å². The van der Waals surface area contributed by atoms with E-state index in [2.05, 4.69) is 21.2 Å². The van der Waals surface area contributed by atoms with E-state index in [9.17, 15) is 4.79 Å². The number of carbonyl (C=O) groups excluding carboxylic acids is 1. The van der Waals surface area contributed by atoms with Crippen molar-refractivity contribution < 1.29 is 4.79 Å². The molecule has 0 unspecified atom stereocenters. The van der Waals surface area contributed by atoms with Gasteiger partial charge in [0, 0.05) is 11.8 Å². The molecule has 3 nitrogen and oxygen atoms in total. The number of hydrogen-bond donors (Lipinski definition) is 2. The first kappa shape index (κ1) is 14.6. The Labute approximate surface area is 130 Å². The molecule has 3 N–H and O–H groups in total. The fourth-order valence-electron chi connectivity index (χ4n) is 1.61. The number of carbonyl (C=O) groups is 1. The number of nitrogen functional groups attached to an aromatic ring is 1. The lowest BCUT2D eigenvalue weighted by atomic mass is 10.2. The van der Waals surface area contributed by atoms with Gasteiger partial charge in [-0.15, -0.1) is 0 Å². The molecular weight excluding hydrogens is 340 g/mol. The smallest absolute Gasteiger partial charge is 0.248 e. The first-order valence-electron chi connectivity index (χ1n) is 5.85. The number of amides is 1. The third kappa shape index (κ3) is 3.85. The Bertz CT molecular complexity index is 671. The van der Waals surface area contributed by atoms with E-state index >= 15 is 0 Å². The van der Waals surface area contributed by atoms with Crippen molar-refractivity contribution in [2.24, 2.45) is 0 Å². The minimum absolute atomic E-state index is 0.240. The lowest BCUT2D eigenvalue weighted by molar-refractivity contribution is -0.111. The lowest BCUT2D eigenvalue weighted by Crippen LogP contribution is -2.08. The van der Waals surface area contributed by atoms with Gasteiger partial charge in [-0.2, -0.15) is 0 Å². The van der Waals surface area contributed by atoms with Gasteiger partial charge in [0.25, 0.3) is 0 Å². The number of anilines is 2. The van der Waals surface area contributed by atoms with Gasteiger partial charge in [0.2, 0.25) is 5.91 Å². The maximum Gasteiger partial charge on any atom is 0.248 e. The molecule has 0 aliphatic rings. The molecule has 0 saturated carbocycles. The normalized spacial score (nSPS) is 10.7. The Morgan fingerprint density at radius 2 is 2.00 bits per heavy atom. The molecule has 0 bridgehead atoms. The number of hydrogen-bond acceptors (Lipinski definition) is 2. The van der Waals surface area contributed by atoms with E-state index in [4.69, 9.17) is 17.3 Å². The van der Waals surface area contributed by atoms with Gasteiger partial charge in [-0.1, -0.05) is 29.8 Å².